The number of hydrogen-bond donors (Lipinski definition) is 0. The van der Waals surface area contributed by atoms with Gasteiger partial charge in [-0.3, -0.25) is 14.4 Å². The van der Waals surface area contributed by atoms with Crippen LogP contribution in [-0.4, -0.2) is 37.2 Å². The van der Waals surface area contributed by atoms with Crippen molar-refractivity contribution in [2.24, 2.45) is 0 Å². The maximum atomic E-state index is 12.8. The third kappa shape index (κ3) is 49.7. The molecular weight excluding hydrogens is 781 g/mol. The molecule has 0 heterocycles. The Balaban J connectivity index is 4.48. The van der Waals surface area contributed by atoms with Gasteiger partial charge in [-0.2, -0.15) is 0 Å². The van der Waals surface area contributed by atoms with E-state index in [0.29, 0.717) is 19.3 Å². The highest BCUT2D eigenvalue weighted by Crippen LogP contribution is 2.14. The molecule has 0 spiro atoms. The molecule has 362 valence electrons. The van der Waals surface area contributed by atoms with E-state index in [-0.39, 0.29) is 37.5 Å². The van der Waals surface area contributed by atoms with Crippen molar-refractivity contribution in [3.8, 4) is 0 Å². The van der Waals surface area contributed by atoms with E-state index in [0.717, 1.165) is 83.5 Å². The molecule has 0 N–H and O–H groups in total. The Hall–Kier alpha value is -3.15. The summed E-state index contributed by atoms with van der Waals surface area (Å²) in [6, 6.07) is 0. The fourth-order valence-corrected chi connectivity index (χ4v) is 7.17. The Labute approximate surface area is 389 Å². The van der Waals surface area contributed by atoms with Crippen LogP contribution in [0.25, 0.3) is 0 Å². The van der Waals surface area contributed by atoms with Gasteiger partial charge in [0.1, 0.15) is 13.2 Å². The van der Waals surface area contributed by atoms with Crippen molar-refractivity contribution in [2.45, 2.75) is 258 Å². The van der Waals surface area contributed by atoms with Crippen LogP contribution >= 0.6 is 0 Å². The first-order valence-electron chi connectivity index (χ1n) is 26.4. The monoisotopic (exact) mass is 879 g/mol. The molecule has 6 nitrogen and oxygen atoms in total. The van der Waals surface area contributed by atoms with Crippen molar-refractivity contribution < 1.29 is 28.6 Å². The second-order valence-corrected chi connectivity index (χ2v) is 17.4. The molecule has 0 fully saturated rings. The lowest BCUT2D eigenvalue weighted by Crippen LogP contribution is -2.30. The highest BCUT2D eigenvalue weighted by molar-refractivity contribution is 5.71. The summed E-state index contributed by atoms with van der Waals surface area (Å²) in [4.78, 5) is 37.9. The number of carbonyl (C=O) groups is 3. The molecule has 0 aromatic rings. The van der Waals surface area contributed by atoms with Crippen LogP contribution in [-0.2, 0) is 28.6 Å². The van der Waals surface area contributed by atoms with Crippen molar-refractivity contribution in [2.75, 3.05) is 13.2 Å². The molecule has 0 aliphatic heterocycles. The van der Waals surface area contributed by atoms with Crippen molar-refractivity contribution >= 4 is 17.9 Å². The van der Waals surface area contributed by atoms with Crippen LogP contribution in [0.4, 0.5) is 0 Å². The zero-order chi connectivity index (χ0) is 45.8. The van der Waals surface area contributed by atoms with E-state index in [1.807, 2.05) is 0 Å². The zero-order valence-electron chi connectivity index (χ0n) is 41.3. The summed E-state index contributed by atoms with van der Waals surface area (Å²) < 4.78 is 16.7. The average Bonchev–Trinajstić information content (AvgIpc) is 3.28. The molecule has 0 unspecified atom stereocenters. The molecule has 0 bridgehead atoms. The molecule has 0 aromatic heterocycles. The van der Waals surface area contributed by atoms with E-state index < -0.39 is 6.10 Å². The summed E-state index contributed by atoms with van der Waals surface area (Å²) in [6.07, 6.45) is 64.6. The lowest BCUT2D eigenvalue weighted by molar-refractivity contribution is -0.167. The van der Waals surface area contributed by atoms with Gasteiger partial charge in [-0.15, -0.1) is 0 Å². The van der Waals surface area contributed by atoms with Crippen LogP contribution in [0.2, 0.25) is 0 Å². The SMILES string of the molecule is CCCCC/C=C\C/C=C\C/C=C\CCCCCCC(=O)OC[C@H](COC(=O)CCCCCCCCCCCCC)OC(=O)CCC/C=C\C/C=C\C/C=C\CCCCCCCC. The van der Waals surface area contributed by atoms with Crippen molar-refractivity contribution in [1.82, 2.24) is 0 Å². The van der Waals surface area contributed by atoms with E-state index in [9.17, 15) is 14.4 Å². The molecule has 0 radical (unpaired) electrons. The first-order valence-corrected chi connectivity index (χ1v) is 26.4. The van der Waals surface area contributed by atoms with Crippen LogP contribution in [0.1, 0.15) is 252 Å². The summed E-state index contributed by atoms with van der Waals surface area (Å²) in [7, 11) is 0. The van der Waals surface area contributed by atoms with Gasteiger partial charge in [-0.25, -0.2) is 0 Å². The average molecular weight is 879 g/mol. The van der Waals surface area contributed by atoms with Crippen LogP contribution < -0.4 is 0 Å². The lowest BCUT2D eigenvalue weighted by atomic mass is 10.1. The van der Waals surface area contributed by atoms with E-state index >= 15 is 0 Å². The van der Waals surface area contributed by atoms with Gasteiger partial charge < -0.3 is 14.2 Å². The Morgan fingerprint density at radius 1 is 0.317 bits per heavy atom. The minimum absolute atomic E-state index is 0.101. The molecular formula is C57H98O6. The first kappa shape index (κ1) is 59.9. The Morgan fingerprint density at radius 2 is 0.587 bits per heavy atom. The van der Waals surface area contributed by atoms with E-state index in [1.165, 1.54) is 122 Å². The second kappa shape index (κ2) is 51.5. The van der Waals surface area contributed by atoms with Gasteiger partial charge in [-0.1, -0.05) is 216 Å². The normalized spacial score (nSPS) is 12.6. The van der Waals surface area contributed by atoms with E-state index in [4.69, 9.17) is 14.2 Å². The fraction of sp³-hybridized carbons (Fsp3) is 0.737. The number of esters is 3. The van der Waals surface area contributed by atoms with Crippen molar-refractivity contribution in [3.63, 3.8) is 0 Å². The Morgan fingerprint density at radius 3 is 0.968 bits per heavy atom. The molecule has 1 atom stereocenters. The largest absolute Gasteiger partial charge is 0.462 e. The molecule has 0 aliphatic carbocycles. The van der Waals surface area contributed by atoms with E-state index in [2.05, 4.69) is 93.7 Å². The quantitative estimate of drug-likeness (QED) is 0.0262. The molecule has 0 rings (SSSR count). The van der Waals surface area contributed by atoms with Crippen LogP contribution in [0.5, 0.6) is 0 Å². The zero-order valence-corrected chi connectivity index (χ0v) is 41.3. The topological polar surface area (TPSA) is 78.9 Å². The molecule has 0 saturated carbocycles. The van der Waals surface area contributed by atoms with Crippen LogP contribution in [0.15, 0.2) is 72.9 Å². The van der Waals surface area contributed by atoms with Crippen LogP contribution in [0, 0.1) is 0 Å². The summed E-state index contributed by atoms with van der Waals surface area (Å²) >= 11 is 0. The molecule has 0 aromatic carbocycles. The Bertz CT molecular complexity index is 1190. The summed E-state index contributed by atoms with van der Waals surface area (Å²) in [5, 5.41) is 0. The van der Waals surface area contributed by atoms with Crippen molar-refractivity contribution in [3.05, 3.63) is 72.9 Å². The summed E-state index contributed by atoms with van der Waals surface area (Å²) in [5.74, 6) is -0.975. The minimum Gasteiger partial charge on any atom is -0.462 e. The standard InChI is InChI=1S/C57H98O6/c1-4-7-10-13-16-19-22-24-26-28-30-32-35-38-41-44-47-50-56(59)62-53-54(52-61-55(58)49-46-43-40-37-34-21-18-15-12-9-6-3)63-57(60)51-48-45-42-39-36-33-31-29-27-25-23-20-17-14-11-8-5-2/h16,19,24-27,30-33,39,42,54H,4-15,17-18,20-23,28-29,34-38,40-41,43-53H2,1-3H3/b19-16-,26-24-,27-25-,32-30-,33-31-,42-39-/t54-/m0/s1. The number of unbranched alkanes of at least 4 members (excludes halogenated alkanes) is 24. The fourth-order valence-electron chi connectivity index (χ4n) is 7.17. The second-order valence-electron chi connectivity index (χ2n) is 17.4. The Kier molecular flexibility index (Phi) is 48.9. The number of ether oxygens (including phenoxy) is 3. The molecule has 0 saturated heterocycles. The summed E-state index contributed by atoms with van der Waals surface area (Å²) in [6.45, 7) is 6.54. The molecule has 0 amide bonds. The van der Waals surface area contributed by atoms with Gasteiger partial charge >= 0.3 is 17.9 Å². The van der Waals surface area contributed by atoms with Gasteiger partial charge in [0.2, 0.25) is 0 Å². The van der Waals surface area contributed by atoms with E-state index in [1.54, 1.807) is 0 Å². The minimum atomic E-state index is -0.808. The smallest absolute Gasteiger partial charge is 0.306 e. The van der Waals surface area contributed by atoms with Gasteiger partial charge in [0, 0.05) is 19.3 Å². The molecule has 63 heavy (non-hydrogen) atoms. The number of hydrogen-bond acceptors (Lipinski definition) is 6. The van der Waals surface area contributed by atoms with Gasteiger partial charge in [0.15, 0.2) is 6.10 Å². The predicted octanol–water partition coefficient (Wildman–Crippen LogP) is 17.4. The molecule has 0 aliphatic rings. The van der Waals surface area contributed by atoms with Gasteiger partial charge in [0.05, 0.1) is 0 Å². The molecule has 6 heteroatoms. The predicted molar refractivity (Wildman–Crippen MR) is 270 cm³/mol. The lowest BCUT2D eigenvalue weighted by Gasteiger charge is -2.18. The highest BCUT2D eigenvalue weighted by Gasteiger charge is 2.19. The number of carbonyl (C=O) groups excluding carboxylic acids is 3. The highest BCUT2D eigenvalue weighted by atomic mass is 16.6. The van der Waals surface area contributed by atoms with Gasteiger partial charge in [-0.05, 0) is 89.9 Å². The third-order valence-corrected chi connectivity index (χ3v) is 11.2. The van der Waals surface area contributed by atoms with Crippen molar-refractivity contribution in [1.29, 1.82) is 0 Å². The maximum absolute atomic E-state index is 12.8. The summed E-state index contributed by atoms with van der Waals surface area (Å²) in [5.41, 5.74) is 0. The number of allylic oxidation sites excluding steroid dienone is 12. The first-order chi connectivity index (χ1) is 31.0. The van der Waals surface area contributed by atoms with Gasteiger partial charge in [0.25, 0.3) is 0 Å². The van der Waals surface area contributed by atoms with Crippen LogP contribution in [0.3, 0.4) is 0 Å². The number of rotatable bonds is 47. The third-order valence-electron chi connectivity index (χ3n) is 11.2. The maximum Gasteiger partial charge on any atom is 0.306 e.